The molecule has 6 rings (SSSR count). The van der Waals surface area contributed by atoms with Crippen molar-refractivity contribution in [1.82, 2.24) is 9.13 Å². The largest absolute Gasteiger partial charge is 0.457 e. The lowest BCUT2D eigenvalue weighted by molar-refractivity contribution is 0.0989. The molecule has 2 heterocycles. The lowest BCUT2D eigenvalue weighted by Gasteiger charge is -2.06. The van der Waals surface area contributed by atoms with E-state index in [2.05, 4.69) is 22.1 Å². The minimum absolute atomic E-state index is 0.316. The van der Waals surface area contributed by atoms with Gasteiger partial charge in [-0.3, -0.25) is 9.59 Å². The molecule has 6 aromatic rings. The smallest absolute Gasteiger partial charge is 0.279 e. The molecule has 0 atom stereocenters. The molecule has 0 aliphatic heterocycles. The number of carbonyl (C=O) groups is 2. The Morgan fingerprint density at radius 1 is 0.610 bits per heavy atom. The third-order valence-corrected chi connectivity index (χ3v) is 8.95. The van der Waals surface area contributed by atoms with E-state index in [-0.39, 0.29) is 11.8 Å². The first-order chi connectivity index (χ1) is 19.7. The van der Waals surface area contributed by atoms with E-state index < -0.39 is 0 Å². The molecule has 0 spiro atoms. The molecule has 0 saturated heterocycles. The highest BCUT2D eigenvalue weighted by molar-refractivity contribution is 7.16. The van der Waals surface area contributed by atoms with Crippen LogP contribution in [0, 0.1) is 13.8 Å². The molecule has 2 aromatic heterocycles. The first-order valence-corrected chi connectivity index (χ1v) is 14.6. The fourth-order valence-corrected chi connectivity index (χ4v) is 6.70. The second-order valence-electron chi connectivity index (χ2n) is 9.81. The summed E-state index contributed by atoms with van der Waals surface area (Å²) in [6.07, 6.45) is 0. The number of hydrogen-bond donors (Lipinski definition) is 0. The molecule has 0 unspecified atom stereocenters. The van der Waals surface area contributed by atoms with Crippen molar-refractivity contribution in [1.29, 1.82) is 0 Å². The molecule has 0 aliphatic carbocycles. The zero-order valence-electron chi connectivity index (χ0n) is 22.9. The first kappa shape index (κ1) is 26.6. The number of fused-ring (bicyclic) bond motifs is 2. The Balaban J connectivity index is 1.15. The first-order valence-electron chi connectivity index (χ1n) is 12.9. The second kappa shape index (κ2) is 10.8. The van der Waals surface area contributed by atoms with E-state index in [1.165, 1.54) is 33.8 Å². The summed E-state index contributed by atoms with van der Waals surface area (Å²) in [6, 6.07) is 26.1. The molecule has 204 valence electrons. The van der Waals surface area contributed by atoms with E-state index in [1.54, 1.807) is 48.5 Å². The molecule has 9 heteroatoms. The Hall–Kier alpha value is -4.60. The number of amides is 2. The standard InChI is InChI=1S/C32H26N4O3S2/c1-19-5-15-25-27(17-19)40-31(35(25)3)33-29(37)21-7-11-23(12-8-21)39-24-13-9-22(10-14-24)30(38)34-32-36(4)26-16-6-20(2)18-28(26)41-32/h5-18H,1-4H3. The molecular weight excluding hydrogens is 553 g/mol. The lowest BCUT2D eigenvalue weighted by Crippen LogP contribution is -2.13. The molecule has 0 aliphatic rings. The van der Waals surface area contributed by atoms with Crippen LogP contribution < -0.4 is 14.3 Å². The van der Waals surface area contributed by atoms with Crippen molar-refractivity contribution in [3.63, 3.8) is 0 Å². The van der Waals surface area contributed by atoms with Crippen molar-refractivity contribution in [3.05, 3.63) is 117 Å². The van der Waals surface area contributed by atoms with E-state index in [4.69, 9.17) is 4.74 Å². The van der Waals surface area contributed by atoms with Crippen LogP contribution in [0.1, 0.15) is 31.8 Å². The predicted octanol–water partition coefficient (Wildman–Crippen LogP) is 6.68. The lowest BCUT2D eigenvalue weighted by atomic mass is 10.2. The minimum Gasteiger partial charge on any atom is -0.457 e. The van der Waals surface area contributed by atoms with E-state index in [0.717, 1.165) is 20.4 Å². The number of ether oxygens (including phenoxy) is 1. The zero-order chi connectivity index (χ0) is 28.7. The quantitative estimate of drug-likeness (QED) is 0.234. The van der Waals surface area contributed by atoms with Gasteiger partial charge in [0.2, 0.25) is 0 Å². The van der Waals surface area contributed by atoms with Crippen molar-refractivity contribution in [2.45, 2.75) is 13.8 Å². The highest BCUT2D eigenvalue weighted by atomic mass is 32.1. The van der Waals surface area contributed by atoms with Gasteiger partial charge in [0.25, 0.3) is 11.8 Å². The number of rotatable bonds is 4. The maximum absolute atomic E-state index is 12.8. The molecule has 2 amide bonds. The SMILES string of the molecule is Cc1ccc2c(c1)sc(=NC(=O)c1ccc(Oc3ccc(C(=O)N=c4sc5cc(C)ccc5n4C)cc3)cc1)n2C. The summed E-state index contributed by atoms with van der Waals surface area (Å²) in [4.78, 5) is 35.7. The third-order valence-electron chi connectivity index (χ3n) is 6.76. The highest BCUT2D eigenvalue weighted by Crippen LogP contribution is 2.23. The Morgan fingerprint density at radius 3 is 1.39 bits per heavy atom. The van der Waals surface area contributed by atoms with Crippen LogP contribution >= 0.6 is 22.7 Å². The molecular formula is C32H26N4O3S2. The van der Waals surface area contributed by atoms with Crippen molar-refractivity contribution in [2.24, 2.45) is 24.1 Å². The summed E-state index contributed by atoms with van der Waals surface area (Å²) in [6.45, 7) is 4.09. The molecule has 0 bridgehead atoms. The van der Waals surface area contributed by atoms with Crippen LogP contribution in [0.2, 0.25) is 0 Å². The number of aromatic nitrogens is 2. The summed E-state index contributed by atoms with van der Waals surface area (Å²) >= 11 is 2.98. The number of nitrogens with zero attached hydrogens (tertiary/aromatic N) is 4. The number of benzene rings is 4. The Kier molecular flexibility index (Phi) is 6.98. The average molecular weight is 579 g/mol. The van der Waals surface area contributed by atoms with Gasteiger partial charge in [-0.2, -0.15) is 9.98 Å². The van der Waals surface area contributed by atoms with E-state index >= 15 is 0 Å². The van der Waals surface area contributed by atoms with Crippen LogP contribution in [0.4, 0.5) is 0 Å². The molecule has 4 aromatic carbocycles. The van der Waals surface area contributed by atoms with Crippen LogP contribution in [-0.2, 0) is 14.1 Å². The molecule has 0 radical (unpaired) electrons. The van der Waals surface area contributed by atoms with E-state index in [0.29, 0.717) is 32.2 Å². The molecule has 0 N–H and O–H groups in total. The Bertz CT molecular complexity index is 1940. The van der Waals surface area contributed by atoms with Crippen LogP contribution in [-0.4, -0.2) is 20.9 Å². The Morgan fingerprint density at radius 2 is 1.00 bits per heavy atom. The summed E-state index contributed by atoms with van der Waals surface area (Å²) in [5.74, 6) is 0.509. The second-order valence-corrected chi connectivity index (χ2v) is 11.8. The van der Waals surface area contributed by atoms with E-state index in [1.807, 2.05) is 61.3 Å². The highest BCUT2D eigenvalue weighted by Gasteiger charge is 2.10. The minimum atomic E-state index is -0.316. The van der Waals surface area contributed by atoms with E-state index in [9.17, 15) is 9.59 Å². The van der Waals surface area contributed by atoms with Crippen LogP contribution in [0.3, 0.4) is 0 Å². The average Bonchev–Trinajstić information content (AvgIpc) is 3.43. The maximum Gasteiger partial charge on any atom is 0.279 e. The topological polar surface area (TPSA) is 78.0 Å². The number of aryl methyl sites for hydroxylation is 4. The van der Waals surface area contributed by atoms with Crippen LogP contribution in [0.25, 0.3) is 20.4 Å². The molecule has 41 heavy (non-hydrogen) atoms. The maximum atomic E-state index is 12.8. The van der Waals surface area contributed by atoms with Crippen LogP contribution in [0.5, 0.6) is 11.5 Å². The van der Waals surface area contributed by atoms with Gasteiger partial charge in [-0.05, 0) is 97.8 Å². The van der Waals surface area contributed by atoms with Crippen molar-refractivity contribution in [3.8, 4) is 11.5 Å². The van der Waals surface area contributed by atoms with Crippen molar-refractivity contribution < 1.29 is 14.3 Å². The summed E-state index contributed by atoms with van der Waals surface area (Å²) < 4.78 is 12.0. The third kappa shape index (κ3) is 5.41. The van der Waals surface area contributed by atoms with Gasteiger partial charge in [0.1, 0.15) is 11.5 Å². The normalized spacial score (nSPS) is 12.4. The fourth-order valence-electron chi connectivity index (χ4n) is 4.47. The summed E-state index contributed by atoms with van der Waals surface area (Å²) in [7, 11) is 3.82. The monoisotopic (exact) mass is 578 g/mol. The molecule has 7 nitrogen and oxygen atoms in total. The number of carbonyl (C=O) groups excluding carboxylic acids is 2. The van der Waals surface area contributed by atoms with Gasteiger partial charge in [-0.15, -0.1) is 0 Å². The van der Waals surface area contributed by atoms with Gasteiger partial charge in [0, 0.05) is 25.2 Å². The van der Waals surface area contributed by atoms with Crippen molar-refractivity contribution >= 4 is 54.9 Å². The van der Waals surface area contributed by atoms with Crippen molar-refractivity contribution in [2.75, 3.05) is 0 Å². The predicted molar refractivity (Wildman–Crippen MR) is 164 cm³/mol. The van der Waals surface area contributed by atoms with Gasteiger partial charge in [-0.25, -0.2) is 0 Å². The Labute approximate surface area is 244 Å². The van der Waals surface area contributed by atoms with Gasteiger partial charge in [-0.1, -0.05) is 34.8 Å². The van der Waals surface area contributed by atoms with Gasteiger partial charge in [0.05, 0.1) is 20.4 Å². The summed E-state index contributed by atoms with van der Waals surface area (Å²) in [5, 5.41) is 0. The number of hydrogen-bond acceptors (Lipinski definition) is 5. The van der Waals surface area contributed by atoms with Gasteiger partial charge in [0.15, 0.2) is 9.60 Å². The van der Waals surface area contributed by atoms with Crippen LogP contribution in [0.15, 0.2) is 94.9 Å². The molecule has 0 saturated carbocycles. The number of thiazole rings is 2. The fraction of sp³-hybridized carbons (Fsp3) is 0.125. The van der Waals surface area contributed by atoms with Gasteiger partial charge >= 0.3 is 0 Å². The molecule has 0 fully saturated rings. The summed E-state index contributed by atoms with van der Waals surface area (Å²) in [5.41, 5.74) is 5.36. The van der Waals surface area contributed by atoms with Gasteiger partial charge < -0.3 is 13.9 Å². The zero-order valence-corrected chi connectivity index (χ0v) is 24.5.